The van der Waals surface area contributed by atoms with Crippen LogP contribution in [0.15, 0.2) is 42.5 Å². The number of rotatable bonds is 7. The summed E-state index contributed by atoms with van der Waals surface area (Å²) in [5.74, 6) is -1.19. The van der Waals surface area contributed by atoms with E-state index in [9.17, 15) is 14.4 Å². The Hall–Kier alpha value is -2.77. The molecule has 2 aromatic rings. The zero-order valence-electron chi connectivity index (χ0n) is 15.1. The first-order valence-corrected chi connectivity index (χ1v) is 8.93. The summed E-state index contributed by atoms with van der Waals surface area (Å²) in [6.07, 6.45) is -1.05. The normalized spacial score (nSPS) is 11.3. The lowest BCUT2D eigenvalue weighted by Gasteiger charge is -2.14. The van der Waals surface area contributed by atoms with Crippen LogP contribution >= 0.6 is 23.2 Å². The molecule has 0 aliphatic heterocycles. The summed E-state index contributed by atoms with van der Waals surface area (Å²) in [4.78, 5) is 36.0. The van der Waals surface area contributed by atoms with Crippen molar-refractivity contribution in [1.82, 2.24) is 5.32 Å². The third-order valence-electron chi connectivity index (χ3n) is 3.60. The number of methoxy groups -OCH3 is 1. The SMILES string of the molecule is COc1ccc(NC(=O)[C@@H](C)OC(=O)CNC(=O)c2ccc(Cl)cc2Cl)cc1. The molecule has 0 aliphatic rings. The number of ether oxygens (including phenoxy) is 2. The van der Waals surface area contributed by atoms with Gasteiger partial charge in [0.2, 0.25) is 0 Å². The van der Waals surface area contributed by atoms with Gasteiger partial charge >= 0.3 is 5.97 Å². The summed E-state index contributed by atoms with van der Waals surface area (Å²) < 4.78 is 10.1. The van der Waals surface area contributed by atoms with Crippen LogP contribution in [-0.4, -0.2) is 37.5 Å². The molecule has 0 bridgehead atoms. The molecular weight excluding hydrogens is 407 g/mol. The highest BCUT2D eigenvalue weighted by molar-refractivity contribution is 6.36. The van der Waals surface area contributed by atoms with E-state index >= 15 is 0 Å². The number of benzene rings is 2. The van der Waals surface area contributed by atoms with Crippen LogP contribution in [0.4, 0.5) is 5.69 Å². The second kappa shape index (κ2) is 9.96. The summed E-state index contributed by atoms with van der Waals surface area (Å²) in [6, 6.07) is 11.0. The summed E-state index contributed by atoms with van der Waals surface area (Å²) in [5.41, 5.74) is 0.698. The van der Waals surface area contributed by atoms with Gasteiger partial charge in [-0.1, -0.05) is 23.2 Å². The van der Waals surface area contributed by atoms with E-state index in [4.69, 9.17) is 32.7 Å². The minimum Gasteiger partial charge on any atom is -0.497 e. The number of hydrogen-bond donors (Lipinski definition) is 2. The molecule has 0 unspecified atom stereocenters. The molecule has 148 valence electrons. The van der Waals surface area contributed by atoms with Crippen molar-refractivity contribution in [3.05, 3.63) is 58.1 Å². The zero-order chi connectivity index (χ0) is 20.7. The molecule has 0 saturated carbocycles. The van der Waals surface area contributed by atoms with E-state index in [0.29, 0.717) is 16.5 Å². The topological polar surface area (TPSA) is 93.7 Å². The van der Waals surface area contributed by atoms with Crippen molar-refractivity contribution in [3.8, 4) is 5.75 Å². The average molecular weight is 425 g/mol. The van der Waals surface area contributed by atoms with Crippen LogP contribution in [-0.2, 0) is 14.3 Å². The third-order valence-corrected chi connectivity index (χ3v) is 4.15. The van der Waals surface area contributed by atoms with E-state index in [1.807, 2.05) is 0 Å². The Morgan fingerprint density at radius 1 is 1.07 bits per heavy atom. The van der Waals surface area contributed by atoms with Gasteiger partial charge in [-0.05, 0) is 49.4 Å². The Balaban J connectivity index is 1.82. The molecule has 2 aromatic carbocycles. The summed E-state index contributed by atoms with van der Waals surface area (Å²) in [5, 5.41) is 5.54. The predicted molar refractivity (Wildman–Crippen MR) is 106 cm³/mol. The predicted octanol–water partition coefficient (Wildman–Crippen LogP) is 3.30. The third kappa shape index (κ3) is 6.14. The smallest absolute Gasteiger partial charge is 0.326 e. The number of hydrogen-bond acceptors (Lipinski definition) is 5. The van der Waals surface area contributed by atoms with Crippen molar-refractivity contribution in [3.63, 3.8) is 0 Å². The highest BCUT2D eigenvalue weighted by atomic mass is 35.5. The van der Waals surface area contributed by atoms with E-state index in [1.54, 1.807) is 24.3 Å². The maximum Gasteiger partial charge on any atom is 0.326 e. The van der Waals surface area contributed by atoms with E-state index in [1.165, 1.54) is 32.2 Å². The van der Waals surface area contributed by atoms with Crippen LogP contribution in [0.1, 0.15) is 17.3 Å². The average Bonchev–Trinajstić information content (AvgIpc) is 2.66. The van der Waals surface area contributed by atoms with Gasteiger partial charge in [0.25, 0.3) is 11.8 Å². The minimum absolute atomic E-state index is 0.158. The Kier molecular flexibility index (Phi) is 7.66. The molecule has 9 heteroatoms. The molecule has 7 nitrogen and oxygen atoms in total. The van der Waals surface area contributed by atoms with Gasteiger partial charge in [-0.25, -0.2) is 0 Å². The van der Waals surface area contributed by atoms with Crippen molar-refractivity contribution in [1.29, 1.82) is 0 Å². The number of carbonyl (C=O) groups is 3. The molecule has 0 saturated heterocycles. The summed E-state index contributed by atoms with van der Waals surface area (Å²) >= 11 is 11.7. The van der Waals surface area contributed by atoms with Crippen molar-refractivity contribution in [2.24, 2.45) is 0 Å². The first kappa shape index (κ1) is 21.5. The Labute approximate surface area is 171 Å². The van der Waals surface area contributed by atoms with Gasteiger partial charge < -0.3 is 20.1 Å². The molecule has 0 radical (unpaired) electrons. The van der Waals surface area contributed by atoms with Crippen molar-refractivity contribution in [2.45, 2.75) is 13.0 Å². The van der Waals surface area contributed by atoms with Gasteiger partial charge in [0.15, 0.2) is 6.10 Å². The van der Waals surface area contributed by atoms with Crippen LogP contribution in [0.25, 0.3) is 0 Å². The fourth-order valence-electron chi connectivity index (χ4n) is 2.13. The summed E-state index contributed by atoms with van der Waals surface area (Å²) in [7, 11) is 1.54. The maximum atomic E-state index is 12.1. The van der Waals surface area contributed by atoms with Crippen molar-refractivity contribution < 1.29 is 23.9 Å². The monoisotopic (exact) mass is 424 g/mol. The van der Waals surface area contributed by atoms with Gasteiger partial charge in [-0.2, -0.15) is 0 Å². The number of nitrogens with one attached hydrogen (secondary N) is 2. The maximum absolute atomic E-state index is 12.1. The Bertz CT molecular complexity index is 871. The lowest BCUT2D eigenvalue weighted by atomic mass is 10.2. The van der Waals surface area contributed by atoms with E-state index < -0.39 is 30.4 Å². The number of carbonyl (C=O) groups excluding carboxylic acids is 3. The number of halogens is 2. The van der Waals surface area contributed by atoms with Crippen molar-refractivity contribution >= 4 is 46.7 Å². The quantitative estimate of drug-likeness (QED) is 0.664. The summed E-state index contributed by atoms with van der Waals surface area (Å²) in [6.45, 7) is 1.01. The van der Waals surface area contributed by atoms with E-state index in [0.717, 1.165) is 0 Å². The lowest BCUT2D eigenvalue weighted by molar-refractivity contribution is -0.152. The highest BCUT2D eigenvalue weighted by Gasteiger charge is 2.19. The zero-order valence-corrected chi connectivity index (χ0v) is 16.6. The first-order chi connectivity index (χ1) is 13.3. The Morgan fingerprint density at radius 2 is 1.75 bits per heavy atom. The van der Waals surface area contributed by atoms with Crippen LogP contribution in [0, 0.1) is 0 Å². The van der Waals surface area contributed by atoms with E-state index in [2.05, 4.69) is 10.6 Å². The second-order valence-electron chi connectivity index (χ2n) is 5.66. The standard InChI is InChI=1S/C19H18Cl2N2O5/c1-11(18(25)23-13-4-6-14(27-2)7-5-13)28-17(24)10-22-19(26)15-8-3-12(20)9-16(15)21/h3-9,11H,10H2,1-2H3,(H,22,26)(H,23,25)/t11-/m1/s1. The van der Waals surface area contributed by atoms with Gasteiger partial charge in [0, 0.05) is 10.7 Å². The second-order valence-corrected chi connectivity index (χ2v) is 6.50. The molecule has 2 rings (SSSR count). The fourth-order valence-corrected chi connectivity index (χ4v) is 2.63. The molecule has 1 atom stereocenters. The van der Waals surface area contributed by atoms with E-state index in [-0.39, 0.29) is 10.6 Å². The molecule has 2 N–H and O–H groups in total. The van der Waals surface area contributed by atoms with Gasteiger partial charge in [-0.3, -0.25) is 14.4 Å². The van der Waals surface area contributed by atoms with Gasteiger partial charge in [0.1, 0.15) is 12.3 Å². The first-order valence-electron chi connectivity index (χ1n) is 8.18. The highest BCUT2D eigenvalue weighted by Crippen LogP contribution is 2.20. The number of esters is 1. The molecule has 0 aliphatic carbocycles. The molecule has 0 fully saturated rings. The largest absolute Gasteiger partial charge is 0.497 e. The van der Waals surface area contributed by atoms with Crippen LogP contribution < -0.4 is 15.4 Å². The molecule has 0 aromatic heterocycles. The molecule has 28 heavy (non-hydrogen) atoms. The van der Waals surface area contributed by atoms with Gasteiger partial charge in [0.05, 0.1) is 17.7 Å². The van der Waals surface area contributed by atoms with Crippen molar-refractivity contribution in [2.75, 3.05) is 19.0 Å². The van der Waals surface area contributed by atoms with Gasteiger partial charge in [-0.15, -0.1) is 0 Å². The van der Waals surface area contributed by atoms with Crippen LogP contribution in [0.5, 0.6) is 5.75 Å². The molecular formula is C19H18Cl2N2O5. The fraction of sp³-hybridized carbons (Fsp3) is 0.211. The number of anilines is 1. The molecule has 2 amide bonds. The minimum atomic E-state index is -1.05. The Morgan fingerprint density at radius 3 is 2.36 bits per heavy atom. The number of amides is 2. The van der Waals surface area contributed by atoms with Crippen LogP contribution in [0.2, 0.25) is 10.0 Å². The van der Waals surface area contributed by atoms with Crippen LogP contribution in [0.3, 0.4) is 0 Å². The molecule has 0 heterocycles. The lowest BCUT2D eigenvalue weighted by Crippen LogP contribution is -2.35. The molecule has 0 spiro atoms.